The van der Waals surface area contributed by atoms with Gasteiger partial charge in [-0.2, -0.15) is 0 Å². The van der Waals surface area contributed by atoms with Crippen LogP contribution < -0.4 is 5.73 Å². The molecule has 0 bridgehead atoms. The van der Waals surface area contributed by atoms with Crippen molar-refractivity contribution in [1.29, 1.82) is 0 Å². The van der Waals surface area contributed by atoms with Crippen molar-refractivity contribution >= 4 is 5.78 Å². The number of carbonyl (C=O) groups is 1. The Hall–Kier alpha value is -1.22. The number of hydrogen-bond donors (Lipinski definition) is 1. The Morgan fingerprint density at radius 2 is 2.07 bits per heavy atom. The number of ketones is 1. The van der Waals surface area contributed by atoms with Crippen LogP contribution in [-0.2, 0) is 0 Å². The van der Waals surface area contributed by atoms with Gasteiger partial charge in [-0.1, -0.05) is 6.92 Å². The molecule has 0 spiro atoms. The smallest absolute Gasteiger partial charge is 0.168 e. The van der Waals surface area contributed by atoms with Gasteiger partial charge in [0.2, 0.25) is 0 Å². The van der Waals surface area contributed by atoms with Crippen molar-refractivity contribution in [3.05, 3.63) is 29.6 Å². The summed E-state index contributed by atoms with van der Waals surface area (Å²) >= 11 is 0. The van der Waals surface area contributed by atoms with E-state index in [0.717, 1.165) is 5.69 Å². The maximum Gasteiger partial charge on any atom is 0.168 e. The number of pyridine rings is 1. The molecule has 0 aromatic carbocycles. The van der Waals surface area contributed by atoms with Gasteiger partial charge in [-0.05, 0) is 26.0 Å². The first kappa shape index (κ1) is 10.9. The fraction of sp³-hybridized carbons (Fsp3) is 0.455. The first-order valence-corrected chi connectivity index (χ1v) is 4.75. The molecule has 2 unspecified atom stereocenters. The molecule has 1 aromatic rings. The van der Waals surface area contributed by atoms with E-state index in [4.69, 9.17) is 5.73 Å². The van der Waals surface area contributed by atoms with Crippen LogP contribution in [0.15, 0.2) is 18.3 Å². The van der Waals surface area contributed by atoms with Crippen LogP contribution in [0, 0.1) is 12.8 Å². The minimum absolute atomic E-state index is 0.0625. The number of aryl methyl sites for hydroxylation is 1. The molecule has 0 saturated carbocycles. The van der Waals surface area contributed by atoms with Crippen LogP contribution >= 0.6 is 0 Å². The fourth-order valence-electron chi connectivity index (χ4n) is 1.12. The summed E-state index contributed by atoms with van der Waals surface area (Å²) in [6.07, 6.45) is 1.61. The van der Waals surface area contributed by atoms with Crippen LogP contribution in [0.1, 0.15) is 29.9 Å². The number of rotatable bonds is 3. The Labute approximate surface area is 84.3 Å². The predicted octanol–water partition coefficient (Wildman–Crippen LogP) is 1.56. The van der Waals surface area contributed by atoms with Gasteiger partial charge in [-0.25, -0.2) is 0 Å². The standard InChI is InChI=1S/C11H16N2O/c1-7-4-5-10(6-13-7)11(14)8(2)9(3)12/h4-6,8-9H,12H2,1-3H3. The molecular weight excluding hydrogens is 176 g/mol. The van der Waals surface area contributed by atoms with E-state index in [9.17, 15) is 4.79 Å². The molecule has 0 radical (unpaired) electrons. The average Bonchev–Trinajstić information content (AvgIpc) is 2.16. The van der Waals surface area contributed by atoms with Gasteiger partial charge in [0, 0.05) is 29.4 Å². The van der Waals surface area contributed by atoms with Crippen molar-refractivity contribution < 1.29 is 4.79 Å². The highest BCUT2D eigenvalue weighted by atomic mass is 16.1. The molecule has 0 amide bonds. The average molecular weight is 192 g/mol. The van der Waals surface area contributed by atoms with E-state index in [2.05, 4.69) is 4.98 Å². The maximum atomic E-state index is 11.8. The SMILES string of the molecule is Cc1ccc(C(=O)C(C)C(C)N)cn1. The molecule has 0 fully saturated rings. The zero-order chi connectivity index (χ0) is 10.7. The molecule has 1 rings (SSSR count). The maximum absolute atomic E-state index is 11.8. The number of carbonyl (C=O) groups excluding carboxylic acids is 1. The molecular formula is C11H16N2O. The van der Waals surface area contributed by atoms with Crippen LogP contribution in [0.4, 0.5) is 0 Å². The summed E-state index contributed by atoms with van der Waals surface area (Å²) in [7, 11) is 0. The number of aromatic nitrogens is 1. The number of nitrogens with two attached hydrogens (primary N) is 1. The van der Waals surface area contributed by atoms with Crippen molar-refractivity contribution in [3.8, 4) is 0 Å². The van der Waals surface area contributed by atoms with Crippen molar-refractivity contribution in [2.24, 2.45) is 11.7 Å². The molecule has 2 N–H and O–H groups in total. The molecule has 1 aromatic heterocycles. The lowest BCUT2D eigenvalue weighted by Crippen LogP contribution is -2.30. The highest BCUT2D eigenvalue weighted by molar-refractivity contribution is 5.97. The third-order valence-corrected chi connectivity index (χ3v) is 2.40. The van der Waals surface area contributed by atoms with Crippen molar-refractivity contribution in [2.45, 2.75) is 26.8 Å². The minimum Gasteiger partial charge on any atom is -0.327 e. The molecule has 0 aliphatic carbocycles. The number of hydrogen-bond acceptors (Lipinski definition) is 3. The van der Waals surface area contributed by atoms with Gasteiger partial charge in [0.05, 0.1) is 0 Å². The highest BCUT2D eigenvalue weighted by Crippen LogP contribution is 2.10. The van der Waals surface area contributed by atoms with E-state index in [1.807, 2.05) is 26.8 Å². The van der Waals surface area contributed by atoms with E-state index in [-0.39, 0.29) is 17.7 Å². The Bertz CT molecular complexity index is 317. The van der Waals surface area contributed by atoms with Gasteiger partial charge < -0.3 is 5.73 Å². The highest BCUT2D eigenvalue weighted by Gasteiger charge is 2.18. The van der Waals surface area contributed by atoms with Gasteiger partial charge in [0.1, 0.15) is 0 Å². The molecule has 0 aliphatic heterocycles. The molecule has 0 saturated heterocycles. The monoisotopic (exact) mass is 192 g/mol. The molecule has 3 heteroatoms. The minimum atomic E-state index is -0.153. The summed E-state index contributed by atoms with van der Waals surface area (Å²) in [6.45, 7) is 5.57. The summed E-state index contributed by atoms with van der Waals surface area (Å²) in [4.78, 5) is 15.9. The molecule has 76 valence electrons. The summed E-state index contributed by atoms with van der Waals surface area (Å²) in [5, 5.41) is 0. The van der Waals surface area contributed by atoms with Gasteiger partial charge in [0.15, 0.2) is 5.78 Å². The fourth-order valence-corrected chi connectivity index (χ4v) is 1.12. The van der Waals surface area contributed by atoms with Gasteiger partial charge >= 0.3 is 0 Å². The third-order valence-electron chi connectivity index (χ3n) is 2.40. The van der Waals surface area contributed by atoms with Crippen molar-refractivity contribution in [3.63, 3.8) is 0 Å². The molecule has 0 aliphatic rings. The van der Waals surface area contributed by atoms with Crippen LogP contribution in [-0.4, -0.2) is 16.8 Å². The normalized spacial score (nSPS) is 14.9. The quantitative estimate of drug-likeness (QED) is 0.739. The van der Waals surface area contributed by atoms with Crippen LogP contribution in [0.3, 0.4) is 0 Å². The second kappa shape index (κ2) is 4.33. The molecule has 1 heterocycles. The van der Waals surface area contributed by atoms with Crippen LogP contribution in [0.2, 0.25) is 0 Å². The van der Waals surface area contributed by atoms with E-state index >= 15 is 0 Å². The Kier molecular flexibility index (Phi) is 3.36. The summed E-state index contributed by atoms with van der Waals surface area (Å²) in [5.74, 6) is -0.0907. The Balaban J connectivity index is 2.84. The summed E-state index contributed by atoms with van der Waals surface area (Å²) < 4.78 is 0. The largest absolute Gasteiger partial charge is 0.327 e. The second-order valence-electron chi connectivity index (χ2n) is 3.70. The molecule has 3 nitrogen and oxygen atoms in total. The van der Waals surface area contributed by atoms with E-state index in [1.165, 1.54) is 0 Å². The number of nitrogens with zero attached hydrogens (tertiary/aromatic N) is 1. The van der Waals surface area contributed by atoms with Crippen molar-refractivity contribution in [2.75, 3.05) is 0 Å². The Morgan fingerprint density at radius 1 is 1.43 bits per heavy atom. The lowest BCUT2D eigenvalue weighted by atomic mass is 9.95. The van der Waals surface area contributed by atoms with Crippen LogP contribution in [0.5, 0.6) is 0 Å². The topological polar surface area (TPSA) is 56.0 Å². The third kappa shape index (κ3) is 2.39. The first-order valence-electron chi connectivity index (χ1n) is 4.75. The predicted molar refractivity (Wildman–Crippen MR) is 56.1 cm³/mol. The second-order valence-corrected chi connectivity index (χ2v) is 3.70. The zero-order valence-electron chi connectivity index (χ0n) is 8.82. The van der Waals surface area contributed by atoms with Gasteiger partial charge in [-0.3, -0.25) is 9.78 Å². The summed E-state index contributed by atoms with van der Waals surface area (Å²) in [5.41, 5.74) is 7.21. The molecule has 2 atom stereocenters. The number of Topliss-reactive ketones (excluding diaryl/α,β-unsaturated/α-hetero) is 1. The lowest BCUT2D eigenvalue weighted by molar-refractivity contribution is 0.0917. The van der Waals surface area contributed by atoms with E-state index in [1.54, 1.807) is 12.3 Å². The zero-order valence-corrected chi connectivity index (χ0v) is 8.82. The van der Waals surface area contributed by atoms with Crippen LogP contribution in [0.25, 0.3) is 0 Å². The van der Waals surface area contributed by atoms with E-state index in [0.29, 0.717) is 5.56 Å². The molecule has 14 heavy (non-hydrogen) atoms. The lowest BCUT2D eigenvalue weighted by Gasteiger charge is -2.13. The summed E-state index contributed by atoms with van der Waals surface area (Å²) in [6, 6.07) is 3.51. The van der Waals surface area contributed by atoms with E-state index < -0.39 is 0 Å². The van der Waals surface area contributed by atoms with Crippen molar-refractivity contribution in [1.82, 2.24) is 4.98 Å². The van der Waals surface area contributed by atoms with Gasteiger partial charge in [0.25, 0.3) is 0 Å². The van der Waals surface area contributed by atoms with Gasteiger partial charge in [-0.15, -0.1) is 0 Å². The first-order chi connectivity index (χ1) is 6.52. The Morgan fingerprint density at radius 3 is 2.50 bits per heavy atom.